The Labute approximate surface area is 134 Å². The van der Waals surface area contributed by atoms with E-state index in [1.165, 1.54) is 0 Å². The van der Waals surface area contributed by atoms with E-state index in [1.807, 2.05) is 16.8 Å². The zero-order chi connectivity index (χ0) is 16.8. The summed E-state index contributed by atoms with van der Waals surface area (Å²) in [5, 5.41) is 6.42. The van der Waals surface area contributed by atoms with Gasteiger partial charge >= 0.3 is 0 Å². The van der Waals surface area contributed by atoms with Gasteiger partial charge in [0.2, 0.25) is 11.8 Å². The lowest BCUT2D eigenvalue weighted by Crippen LogP contribution is -2.49. The van der Waals surface area contributed by atoms with Gasteiger partial charge in [-0.2, -0.15) is 0 Å². The number of hydrogen-bond acceptors (Lipinski definition) is 7. The summed E-state index contributed by atoms with van der Waals surface area (Å²) in [5.41, 5.74) is 5.17. The van der Waals surface area contributed by atoms with E-state index in [-0.39, 0.29) is 31.0 Å². The first-order valence-electron chi connectivity index (χ1n) is 7.46. The standard InChI is InChI=1S/C14H23N5O4/c1-10-5-13(17-23-10)16-14(21)9-19-3-4-22-11(7-19)6-18(2)8-12(15)20/h5,11H,3-4,6-9H2,1-2H3,(H2,15,20)(H,16,17,21)/t11-/m1/s1. The summed E-state index contributed by atoms with van der Waals surface area (Å²) >= 11 is 0. The van der Waals surface area contributed by atoms with Gasteiger partial charge in [-0.05, 0) is 14.0 Å². The maximum absolute atomic E-state index is 12.0. The van der Waals surface area contributed by atoms with E-state index >= 15 is 0 Å². The van der Waals surface area contributed by atoms with Crippen LogP contribution in [0.4, 0.5) is 5.82 Å². The molecule has 9 heteroatoms. The van der Waals surface area contributed by atoms with E-state index in [2.05, 4.69) is 10.5 Å². The van der Waals surface area contributed by atoms with Crippen LogP contribution in [0.15, 0.2) is 10.6 Å². The van der Waals surface area contributed by atoms with Gasteiger partial charge in [0.05, 0.1) is 25.8 Å². The minimum Gasteiger partial charge on any atom is -0.374 e. The number of morpholine rings is 1. The largest absolute Gasteiger partial charge is 0.374 e. The van der Waals surface area contributed by atoms with Gasteiger partial charge in [-0.25, -0.2) is 0 Å². The number of nitrogens with two attached hydrogens (primary N) is 1. The first-order chi connectivity index (χ1) is 10.9. The molecule has 1 aliphatic rings. The van der Waals surface area contributed by atoms with Crippen molar-refractivity contribution in [2.75, 3.05) is 51.7 Å². The fourth-order valence-corrected chi connectivity index (χ4v) is 2.52. The van der Waals surface area contributed by atoms with E-state index in [1.54, 1.807) is 13.0 Å². The molecule has 0 aliphatic carbocycles. The maximum Gasteiger partial charge on any atom is 0.239 e. The predicted molar refractivity (Wildman–Crippen MR) is 82.7 cm³/mol. The molecule has 0 spiro atoms. The van der Waals surface area contributed by atoms with E-state index in [0.717, 1.165) is 0 Å². The summed E-state index contributed by atoms with van der Waals surface area (Å²) in [6, 6.07) is 1.67. The highest BCUT2D eigenvalue weighted by atomic mass is 16.5. The monoisotopic (exact) mass is 325 g/mol. The number of carbonyl (C=O) groups excluding carboxylic acids is 2. The quantitative estimate of drug-likeness (QED) is 0.663. The molecule has 1 fully saturated rings. The van der Waals surface area contributed by atoms with Gasteiger partial charge in [-0.1, -0.05) is 5.16 Å². The smallest absolute Gasteiger partial charge is 0.239 e. The van der Waals surface area contributed by atoms with Gasteiger partial charge in [0.15, 0.2) is 5.82 Å². The van der Waals surface area contributed by atoms with Crippen LogP contribution < -0.4 is 11.1 Å². The van der Waals surface area contributed by atoms with Crippen molar-refractivity contribution >= 4 is 17.6 Å². The minimum atomic E-state index is -0.373. The summed E-state index contributed by atoms with van der Waals surface area (Å²) in [7, 11) is 1.81. The number of carbonyl (C=O) groups is 2. The number of anilines is 1. The van der Waals surface area contributed by atoms with Crippen LogP contribution in [0.1, 0.15) is 5.76 Å². The Bertz CT molecular complexity index is 547. The Hall–Kier alpha value is -1.97. The van der Waals surface area contributed by atoms with E-state index < -0.39 is 0 Å². The lowest BCUT2D eigenvalue weighted by atomic mass is 10.2. The molecule has 9 nitrogen and oxygen atoms in total. The summed E-state index contributed by atoms with van der Waals surface area (Å²) in [6.45, 7) is 4.64. The van der Waals surface area contributed by atoms with Crippen LogP contribution in [0.2, 0.25) is 0 Å². The van der Waals surface area contributed by atoms with Crippen molar-refractivity contribution in [3.05, 3.63) is 11.8 Å². The molecule has 1 aromatic rings. The predicted octanol–water partition coefficient (Wildman–Crippen LogP) is -0.961. The number of aryl methyl sites for hydroxylation is 1. The topological polar surface area (TPSA) is 114 Å². The molecule has 0 unspecified atom stereocenters. The van der Waals surface area contributed by atoms with Crippen molar-refractivity contribution in [3.8, 4) is 0 Å². The lowest BCUT2D eigenvalue weighted by molar-refractivity contribution is -0.120. The van der Waals surface area contributed by atoms with E-state index in [0.29, 0.717) is 37.8 Å². The third-order valence-electron chi connectivity index (χ3n) is 3.43. The highest BCUT2D eigenvalue weighted by molar-refractivity contribution is 5.91. The highest BCUT2D eigenvalue weighted by Crippen LogP contribution is 2.09. The van der Waals surface area contributed by atoms with Gasteiger partial charge in [0, 0.05) is 25.7 Å². The van der Waals surface area contributed by atoms with Crippen LogP contribution in [0.25, 0.3) is 0 Å². The van der Waals surface area contributed by atoms with Crippen LogP contribution in [0.3, 0.4) is 0 Å². The normalized spacial score (nSPS) is 19.0. The van der Waals surface area contributed by atoms with Crippen molar-refractivity contribution < 1.29 is 18.8 Å². The molecule has 0 aromatic carbocycles. The molecule has 0 bridgehead atoms. The Morgan fingerprint density at radius 3 is 3.00 bits per heavy atom. The average Bonchev–Trinajstić information content (AvgIpc) is 2.83. The summed E-state index contributed by atoms with van der Waals surface area (Å²) < 4.78 is 10.6. The molecule has 1 aromatic heterocycles. The third-order valence-corrected chi connectivity index (χ3v) is 3.43. The van der Waals surface area contributed by atoms with Gasteiger partial charge in [-0.3, -0.25) is 19.4 Å². The fourth-order valence-electron chi connectivity index (χ4n) is 2.52. The highest BCUT2D eigenvalue weighted by Gasteiger charge is 2.23. The van der Waals surface area contributed by atoms with Gasteiger partial charge in [-0.15, -0.1) is 0 Å². The second-order valence-corrected chi connectivity index (χ2v) is 5.76. The molecule has 3 N–H and O–H groups in total. The number of nitrogens with one attached hydrogen (secondary N) is 1. The van der Waals surface area contributed by atoms with Gasteiger partial charge in [0.1, 0.15) is 5.76 Å². The number of amides is 2. The molecule has 0 radical (unpaired) electrons. The Morgan fingerprint density at radius 1 is 1.57 bits per heavy atom. The first-order valence-corrected chi connectivity index (χ1v) is 7.46. The van der Waals surface area contributed by atoms with Crippen LogP contribution in [0, 0.1) is 6.92 Å². The second kappa shape index (κ2) is 8.04. The van der Waals surface area contributed by atoms with Crippen molar-refractivity contribution in [3.63, 3.8) is 0 Å². The molecule has 1 aliphatic heterocycles. The molecular formula is C14H23N5O4. The van der Waals surface area contributed by atoms with Crippen LogP contribution in [-0.4, -0.2) is 79.3 Å². The summed E-state index contributed by atoms with van der Waals surface area (Å²) in [5.74, 6) is 0.537. The fraction of sp³-hybridized carbons (Fsp3) is 0.643. The van der Waals surface area contributed by atoms with Crippen LogP contribution in [0.5, 0.6) is 0 Å². The zero-order valence-corrected chi connectivity index (χ0v) is 13.4. The molecule has 1 saturated heterocycles. The van der Waals surface area contributed by atoms with Crippen LogP contribution >= 0.6 is 0 Å². The Balaban J connectivity index is 1.76. The summed E-state index contributed by atoms with van der Waals surface area (Å²) in [4.78, 5) is 26.7. The summed E-state index contributed by atoms with van der Waals surface area (Å²) in [6.07, 6.45) is -0.0600. The number of hydrogen-bond donors (Lipinski definition) is 2. The number of primary amides is 1. The molecule has 0 saturated carbocycles. The number of likely N-dealkylation sites (N-methyl/N-ethyl adjacent to an activating group) is 1. The number of ether oxygens (including phenoxy) is 1. The second-order valence-electron chi connectivity index (χ2n) is 5.76. The maximum atomic E-state index is 12.0. The molecule has 2 heterocycles. The van der Waals surface area contributed by atoms with Crippen molar-refractivity contribution in [2.24, 2.45) is 5.73 Å². The minimum absolute atomic E-state index is 0.0600. The van der Waals surface area contributed by atoms with E-state index in [4.69, 9.17) is 15.0 Å². The molecule has 1 atom stereocenters. The lowest BCUT2D eigenvalue weighted by Gasteiger charge is -2.34. The zero-order valence-electron chi connectivity index (χ0n) is 13.4. The van der Waals surface area contributed by atoms with Gasteiger partial charge in [0.25, 0.3) is 0 Å². The number of aromatic nitrogens is 1. The molecular weight excluding hydrogens is 302 g/mol. The average molecular weight is 325 g/mol. The van der Waals surface area contributed by atoms with Gasteiger partial charge < -0.3 is 20.3 Å². The molecule has 2 rings (SSSR count). The van der Waals surface area contributed by atoms with Crippen LogP contribution in [-0.2, 0) is 14.3 Å². The number of rotatable bonds is 7. The number of nitrogens with zero attached hydrogens (tertiary/aromatic N) is 3. The molecule has 2 amide bonds. The molecule has 23 heavy (non-hydrogen) atoms. The Morgan fingerprint density at radius 2 is 2.35 bits per heavy atom. The van der Waals surface area contributed by atoms with Crippen molar-refractivity contribution in [2.45, 2.75) is 13.0 Å². The Kier molecular flexibility index (Phi) is 6.08. The first kappa shape index (κ1) is 17.4. The molecule has 128 valence electrons. The van der Waals surface area contributed by atoms with Crippen molar-refractivity contribution in [1.82, 2.24) is 15.0 Å². The third kappa shape index (κ3) is 5.97. The van der Waals surface area contributed by atoms with E-state index in [9.17, 15) is 9.59 Å². The SMILES string of the molecule is Cc1cc(NC(=O)CN2CCO[C@H](CN(C)CC(N)=O)C2)no1. The van der Waals surface area contributed by atoms with Crippen molar-refractivity contribution in [1.29, 1.82) is 0 Å².